The van der Waals surface area contributed by atoms with Gasteiger partial charge in [-0.25, -0.2) is 0 Å². The van der Waals surface area contributed by atoms with E-state index >= 15 is 0 Å². The van der Waals surface area contributed by atoms with Crippen molar-refractivity contribution in [1.29, 1.82) is 0 Å². The third kappa shape index (κ3) is 1.31. The highest BCUT2D eigenvalue weighted by molar-refractivity contribution is 6.33. The highest BCUT2D eigenvalue weighted by Crippen LogP contribution is 2.26. The number of hydrogen-bond acceptors (Lipinski definition) is 2. The Labute approximate surface area is 96.9 Å². The maximum absolute atomic E-state index is 6.13. The molecule has 0 fully saturated rings. The minimum Gasteiger partial charge on any atom is -0.259 e. The lowest BCUT2D eigenvalue weighted by Crippen LogP contribution is -1.91. The van der Waals surface area contributed by atoms with Gasteiger partial charge in [0.15, 0.2) is 11.5 Å². The number of nitrogens with one attached hydrogen (secondary N) is 1. The van der Waals surface area contributed by atoms with E-state index in [0.717, 1.165) is 22.7 Å². The number of aryl methyl sites for hydroxylation is 1. The van der Waals surface area contributed by atoms with Crippen molar-refractivity contribution in [2.45, 2.75) is 6.92 Å². The third-order valence-corrected chi connectivity index (χ3v) is 2.75. The molecule has 1 aromatic carbocycles. The number of fused-ring (bicyclic) bond motifs is 1. The molecule has 16 heavy (non-hydrogen) atoms. The lowest BCUT2D eigenvalue weighted by atomic mass is 10.2. The van der Waals surface area contributed by atoms with Crippen molar-refractivity contribution in [3.05, 3.63) is 41.0 Å². The predicted octanol–water partition coefficient (Wildman–Crippen LogP) is 2.69. The van der Waals surface area contributed by atoms with Gasteiger partial charge >= 0.3 is 0 Å². The van der Waals surface area contributed by atoms with Crippen LogP contribution in [0.5, 0.6) is 0 Å². The van der Waals surface area contributed by atoms with Crippen LogP contribution in [0.4, 0.5) is 0 Å². The van der Waals surface area contributed by atoms with Gasteiger partial charge in [-0.05, 0) is 19.1 Å². The van der Waals surface area contributed by atoms with Crippen molar-refractivity contribution in [2.75, 3.05) is 0 Å². The summed E-state index contributed by atoms with van der Waals surface area (Å²) in [6, 6.07) is 9.53. The molecule has 1 N–H and O–H groups in total. The zero-order chi connectivity index (χ0) is 11.1. The van der Waals surface area contributed by atoms with Crippen LogP contribution in [0.3, 0.4) is 0 Å². The molecule has 0 radical (unpaired) electrons. The molecule has 2 aromatic heterocycles. The molecular formula is C11H9ClN4. The van der Waals surface area contributed by atoms with Gasteiger partial charge in [-0.3, -0.25) is 5.10 Å². The molecule has 3 rings (SSSR count). The fourth-order valence-corrected chi connectivity index (χ4v) is 1.94. The molecule has 0 bridgehead atoms. The van der Waals surface area contributed by atoms with Crippen LogP contribution in [0.2, 0.25) is 5.02 Å². The monoisotopic (exact) mass is 232 g/mol. The first-order valence-electron chi connectivity index (χ1n) is 4.91. The van der Waals surface area contributed by atoms with Crippen LogP contribution in [0.1, 0.15) is 5.69 Å². The maximum Gasteiger partial charge on any atom is 0.184 e. The summed E-state index contributed by atoms with van der Waals surface area (Å²) in [6.45, 7) is 1.94. The van der Waals surface area contributed by atoms with Crippen molar-refractivity contribution in [3.8, 4) is 11.4 Å². The fourth-order valence-electron chi connectivity index (χ4n) is 1.72. The molecule has 2 heterocycles. The number of halogens is 1. The minimum atomic E-state index is 0.670. The van der Waals surface area contributed by atoms with E-state index in [-0.39, 0.29) is 0 Å². The van der Waals surface area contributed by atoms with E-state index in [1.54, 1.807) is 4.52 Å². The van der Waals surface area contributed by atoms with E-state index in [2.05, 4.69) is 15.3 Å². The van der Waals surface area contributed by atoms with Crippen LogP contribution >= 0.6 is 11.6 Å². The Balaban J connectivity index is 2.30. The van der Waals surface area contributed by atoms with Crippen LogP contribution in [-0.4, -0.2) is 19.8 Å². The molecule has 0 spiro atoms. The van der Waals surface area contributed by atoms with E-state index in [1.807, 2.05) is 37.3 Å². The molecular weight excluding hydrogens is 224 g/mol. The van der Waals surface area contributed by atoms with Crippen LogP contribution < -0.4 is 0 Å². The molecule has 0 saturated carbocycles. The molecule has 0 amide bonds. The topological polar surface area (TPSA) is 46.0 Å². The van der Waals surface area contributed by atoms with E-state index in [1.165, 1.54) is 0 Å². The zero-order valence-electron chi connectivity index (χ0n) is 8.61. The van der Waals surface area contributed by atoms with Gasteiger partial charge in [0, 0.05) is 11.6 Å². The van der Waals surface area contributed by atoms with Gasteiger partial charge in [0.2, 0.25) is 0 Å². The molecule has 3 aromatic rings. The molecule has 0 aliphatic heterocycles. The smallest absolute Gasteiger partial charge is 0.184 e. The van der Waals surface area contributed by atoms with Gasteiger partial charge in [-0.2, -0.15) is 14.7 Å². The number of hydrogen-bond donors (Lipinski definition) is 1. The number of benzene rings is 1. The molecule has 0 aliphatic rings. The number of aromatic nitrogens is 4. The van der Waals surface area contributed by atoms with Crippen LogP contribution in [0.15, 0.2) is 30.3 Å². The molecule has 4 nitrogen and oxygen atoms in total. The zero-order valence-corrected chi connectivity index (χ0v) is 9.36. The first-order valence-corrected chi connectivity index (χ1v) is 5.29. The first-order chi connectivity index (χ1) is 7.75. The summed E-state index contributed by atoms with van der Waals surface area (Å²) in [5.41, 5.74) is 2.69. The number of nitrogens with zero attached hydrogens (tertiary/aromatic N) is 3. The summed E-state index contributed by atoms with van der Waals surface area (Å²) in [7, 11) is 0. The van der Waals surface area contributed by atoms with Gasteiger partial charge < -0.3 is 0 Å². The Bertz CT molecular complexity index is 653. The lowest BCUT2D eigenvalue weighted by molar-refractivity contribution is 0.938. The second-order valence-electron chi connectivity index (χ2n) is 3.61. The van der Waals surface area contributed by atoms with Gasteiger partial charge in [-0.1, -0.05) is 23.7 Å². The predicted molar refractivity (Wildman–Crippen MR) is 62.5 cm³/mol. The number of H-pyrrole nitrogens is 1. The van der Waals surface area contributed by atoms with Gasteiger partial charge in [0.1, 0.15) is 0 Å². The minimum absolute atomic E-state index is 0.670. The Morgan fingerprint density at radius 2 is 2.12 bits per heavy atom. The van der Waals surface area contributed by atoms with E-state index in [0.29, 0.717) is 5.02 Å². The second kappa shape index (κ2) is 3.35. The molecule has 0 saturated heterocycles. The Morgan fingerprint density at radius 3 is 2.94 bits per heavy atom. The molecule has 0 aliphatic carbocycles. The van der Waals surface area contributed by atoms with Gasteiger partial charge in [0.05, 0.1) is 10.7 Å². The molecule has 0 atom stereocenters. The van der Waals surface area contributed by atoms with Crippen LogP contribution in [-0.2, 0) is 0 Å². The SMILES string of the molecule is Cc1cc2[nH]nc(-c3ccccc3Cl)n2n1. The average molecular weight is 233 g/mol. The van der Waals surface area contributed by atoms with Gasteiger partial charge in [0.25, 0.3) is 0 Å². The summed E-state index contributed by atoms with van der Waals surface area (Å²) < 4.78 is 1.76. The van der Waals surface area contributed by atoms with Gasteiger partial charge in [-0.15, -0.1) is 0 Å². The second-order valence-corrected chi connectivity index (χ2v) is 4.02. The highest BCUT2D eigenvalue weighted by Gasteiger charge is 2.11. The largest absolute Gasteiger partial charge is 0.259 e. The summed E-state index contributed by atoms with van der Waals surface area (Å²) in [5.74, 6) is 0.730. The van der Waals surface area contributed by atoms with Crippen molar-refractivity contribution < 1.29 is 0 Å². The van der Waals surface area contributed by atoms with Crippen molar-refractivity contribution >= 4 is 17.2 Å². The van der Waals surface area contributed by atoms with Crippen molar-refractivity contribution in [1.82, 2.24) is 19.8 Å². The highest BCUT2D eigenvalue weighted by atomic mass is 35.5. The average Bonchev–Trinajstić information content (AvgIpc) is 2.78. The summed E-state index contributed by atoms with van der Waals surface area (Å²) in [6.07, 6.45) is 0. The number of rotatable bonds is 1. The maximum atomic E-state index is 6.13. The Hall–Kier alpha value is -1.81. The summed E-state index contributed by atoms with van der Waals surface area (Å²) in [5, 5.41) is 12.2. The van der Waals surface area contributed by atoms with E-state index < -0.39 is 0 Å². The molecule has 0 unspecified atom stereocenters. The van der Waals surface area contributed by atoms with Crippen LogP contribution in [0.25, 0.3) is 17.0 Å². The fraction of sp³-hybridized carbons (Fsp3) is 0.0909. The molecule has 80 valence electrons. The van der Waals surface area contributed by atoms with Crippen molar-refractivity contribution in [3.63, 3.8) is 0 Å². The standard InChI is InChI=1S/C11H9ClN4/c1-7-6-10-13-14-11(16(10)15-7)8-4-2-3-5-9(8)12/h2-6,13H,1H3. The Kier molecular flexibility index (Phi) is 1.97. The number of aromatic amines is 1. The van der Waals surface area contributed by atoms with Crippen LogP contribution in [0, 0.1) is 6.92 Å². The normalized spacial score (nSPS) is 11.1. The quantitative estimate of drug-likeness (QED) is 0.701. The first kappa shape index (κ1) is 9.42. The van der Waals surface area contributed by atoms with E-state index in [4.69, 9.17) is 11.6 Å². The molecule has 5 heteroatoms. The lowest BCUT2D eigenvalue weighted by Gasteiger charge is -1.99. The third-order valence-electron chi connectivity index (χ3n) is 2.42. The summed E-state index contributed by atoms with van der Waals surface area (Å²) in [4.78, 5) is 0. The van der Waals surface area contributed by atoms with Crippen molar-refractivity contribution in [2.24, 2.45) is 0 Å². The summed E-state index contributed by atoms with van der Waals surface area (Å²) >= 11 is 6.13. The van der Waals surface area contributed by atoms with E-state index in [9.17, 15) is 0 Å². The Morgan fingerprint density at radius 1 is 1.31 bits per heavy atom.